The van der Waals surface area contributed by atoms with E-state index in [-0.39, 0.29) is 11.9 Å². The summed E-state index contributed by atoms with van der Waals surface area (Å²) in [6.45, 7) is 11.0. The number of hydrogen-bond donors (Lipinski definition) is 1. The van der Waals surface area contributed by atoms with Crippen LogP contribution in [0.1, 0.15) is 22.8 Å². The highest BCUT2D eigenvalue weighted by atomic mass is 19.1. The van der Waals surface area contributed by atoms with E-state index >= 15 is 0 Å². The normalized spacial score (nSPS) is 11.7. The van der Waals surface area contributed by atoms with Crippen molar-refractivity contribution in [2.45, 2.75) is 26.4 Å². The second-order valence-corrected chi connectivity index (χ2v) is 4.87. The first-order valence-electron chi connectivity index (χ1n) is 6.46. The van der Waals surface area contributed by atoms with Crippen molar-refractivity contribution in [1.82, 2.24) is 15.1 Å². The van der Waals surface area contributed by atoms with Crippen LogP contribution in [-0.2, 0) is 6.54 Å². The molecule has 0 saturated carbocycles. The zero-order valence-electron chi connectivity index (χ0n) is 11.8. The second-order valence-electron chi connectivity index (χ2n) is 4.87. The summed E-state index contributed by atoms with van der Waals surface area (Å²) in [4.78, 5) is 15.5. The fourth-order valence-corrected chi connectivity index (χ4v) is 1.99. The number of nitrogens with zero attached hydrogens (tertiary/aromatic N) is 3. The topological polar surface area (TPSA) is 51.3 Å². The van der Waals surface area contributed by atoms with Crippen molar-refractivity contribution in [2.75, 3.05) is 0 Å². The fourth-order valence-electron chi connectivity index (χ4n) is 1.99. The predicted molar refractivity (Wildman–Crippen MR) is 76.6 cm³/mol. The van der Waals surface area contributed by atoms with Gasteiger partial charge in [-0.25, -0.2) is 9.24 Å². The summed E-state index contributed by atoms with van der Waals surface area (Å²) in [7, 11) is 0. The molecule has 0 unspecified atom stereocenters. The minimum absolute atomic E-state index is 0.197. The summed E-state index contributed by atoms with van der Waals surface area (Å²) >= 11 is 0. The van der Waals surface area contributed by atoms with E-state index in [1.54, 1.807) is 25.1 Å². The van der Waals surface area contributed by atoms with Gasteiger partial charge in [-0.1, -0.05) is 18.2 Å². The van der Waals surface area contributed by atoms with Crippen LogP contribution in [0.4, 0.5) is 10.1 Å². The molecule has 0 aliphatic carbocycles. The molecule has 0 spiro atoms. The van der Waals surface area contributed by atoms with Crippen LogP contribution in [0.5, 0.6) is 0 Å². The van der Waals surface area contributed by atoms with Gasteiger partial charge in [-0.3, -0.25) is 9.48 Å². The van der Waals surface area contributed by atoms with Gasteiger partial charge in [0.15, 0.2) is 11.5 Å². The van der Waals surface area contributed by atoms with Crippen LogP contribution in [0.15, 0.2) is 30.6 Å². The molecule has 1 atom stereocenters. The Balaban J connectivity index is 2.00. The molecule has 0 radical (unpaired) electrons. The Morgan fingerprint density at radius 3 is 2.90 bits per heavy atom. The molecule has 1 heterocycles. The quantitative estimate of drug-likeness (QED) is 0.879. The first-order chi connectivity index (χ1) is 9.99. The minimum atomic E-state index is -0.404. The van der Waals surface area contributed by atoms with Crippen molar-refractivity contribution < 1.29 is 9.18 Å². The highest BCUT2D eigenvalue weighted by Crippen LogP contribution is 2.19. The van der Waals surface area contributed by atoms with E-state index in [0.717, 1.165) is 11.8 Å². The standard InChI is InChI=1S/C15H15FN4O/c1-10-6-12(4-5-14(10)17-3)15(21)19-11(2)8-20-9-13(16)7-18-20/h4-7,9,11H,8H2,1-2H3,(H,19,21)/t11-/m0/s1. The van der Waals surface area contributed by atoms with Crippen LogP contribution < -0.4 is 5.32 Å². The Bertz CT molecular complexity index is 702. The molecule has 0 saturated heterocycles. The van der Waals surface area contributed by atoms with E-state index in [4.69, 9.17) is 6.57 Å². The van der Waals surface area contributed by atoms with Crippen molar-refractivity contribution in [2.24, 2.45) is 0 Å². The Morgan fingerprint density at radius 1 is 1.57 bits per heavy atom. The van der Waals surface area contributed by atoms with Gasteiger partial charge in [-0.15, -0.1) is 0 Å². The average Bonchev–Trinajstić information content (AvgIpc) is 2.83. The maximum absolute atomic E-state index is 12.8. The molecule has 1 aromatic heterocycles. The van der Waals surface area contributed by atoms with Crippen molar-refractivity contribution in [1.29, 1.82) is 0 Å². The summed E-state index contributed by atoms with van der Waals surface area (Å²) in [6, 6.07) is 4.74. The van der Waals surface area contributed by atoms with E-state index in [0.29, 0.717) is 17.8 Å². The maximum atomic E-state index is 12.8. The lowest BCUT2D eigenvalue weighted by Crippen LogP contribution is -2.35. The number of carbonyl (C=O) groups excluding carboxylic acids is 1. The van der Waals surface area contributed by atoms with E-state index < -0.39 is 5.82 Å². The molecule has 1 aromatic carbocycles. The van der Waals surface area contributed by atoms with Gasteiger partial charge in [0, 0.05) is 11.6 Å². The number of nitrogens with one attached hydrogen (secondary N) is 1. The van der Waals surface area contributed by atoms with E-state index in [9.17, 15) is 9.18 Å². The molecule has 0 fully saturated rings. The molecule has 2 aromatic rings. The monoisotopic (exact) mass is 286 g/mol. The second kappa shape index (κ2) is 6.18. The third-order valence-corrected chi connectivity index (χ3v) is 3.02. The highest BCUT2D eigenvalue weighted by Gasteiger charge is 2.12. The molecule has 0 aliphatic rings. The summed E-state index contributed by atoms with van der Waals surface area (Å²) in [5, 5.41) is 6.65. The van der Waals surface area contributed by atoms with Gasteiger partial charge in [0.25, 0.3) is 5.91 Å². The molecule has 0 aliphatic heterocycles. The van der Waals surface area contributed by atoms with Crippen molar-refractivity contribution in [3.8, 4) is 0 Å². The maximum Gasteiger partial charge on any atom is 0.251 e. The number of benzene rings is 1. The van der Waals surface area contributed by atoms with Crippen LogP contribution in [0.3, 0.4) is 0 Å². The van der Waals surface area contributed by atoms with Gasteiger partial charge in [0.05, 0.1) is 25.5 Å². The zero-order chi connectivity index (χ0) is 15.4. The Morgan fingerprint density at radius 2 is 2.33 bits per heavy atom. The van der Waals surface area contributed by atoms with Gasteiger partial charge in [0.1, 0.15) is 0 Å². The lowest BCUT2D eigenvalue weighted by molar-refractivity contribution is 0.0936. The molecule has 1 N–H and O–H groups in total. The molecule has 2 rings (SSSR count). The molecule has 1 amide bonds. The lowest BCUT2D eigenvalue weighted by Gasteiger charge is -2.14. The third-order valence-electron chi connectivity index (χ3n) is 3.02. The van der Waals surface area contributed by atoms with Gasteiger partial charge in [0.2, 0.25) is 0 Å². The Hall–Kier alpha value is -2.68. The summed E-state index contributed by atoms with van der Waals surface area (Å²) in [5.74, 6) is -0.631. The van der Waals surface area contributed by atoms with E-state index in [1.165, 1.54) is 10.9 Å². The van der Waals surface area contributed by atoms with Crippen LogP contribution in [0.2, 0.25) is 0 Å². The fraction of sp³-hybridized carbons (Fsp3) is 0.267. The molecular formula is C15H15FN4O. The third kappa shape index (κ3) is 3.66. The largest absolute Gasteiger partial charge is 0.348 e. The smallest absolute Gasteiger partial charge is 0.251 e. The number of rotatable bonds is 4. The minimum Gasteiger partial charge on any atom is -0.348 e. The first kappa shape index (κ1) is 14.7. The van der Waals surface area contributed by atoms with E-state index in [2.05, 4.69) is 15.3 Å². The lowest BCUT2D eigenvalue weighted by atomic mass is 10.1. The van der Waals surface area contributed by atoms with Gasteiger partial charge < -0.3 is 5.32 Å². The Labute approximate surface area is 122 Å². The van der Waals surface area contributed by atoms with Gasteiger partial charge in [-0.2, -0.15) is 5.10 Å². The van der Waals surface area contributed by atoms with Crippen molar-refractivity contribution in [3.63, 3.8) is 0 Å². The molecule has 5 nitrogen and oxygen atoms in total. The molecule has 21 heavy (non-hydrogen) atoms. The van der Waals surface area contributed by atoms with Gasteiger partial charge in [-0.05, 0) is 19.4 Å². The number of aromatic nitrogens is 2. The van der Waals surface area contributed by atoms with Crippen LogP contribution in [-0.4, -0.2) is 21.7 Å². The van der Waals surface area contributed by atoms with Crippen LogP contribution >= 0.6 is 0 Å². The van der Waals surface area contributed by atoms with Crippen LogP contribution in [0, 0.1) is 19.3 Å². The summed E-state index contributed by atoms with van der Waals surface area (Å²) < 4.78 is 14.3. The van der Waals surface area contributed by atoms with Crippen LogP contribution in [0.25, 0.3) is 4.85 Å². The number of carbonyl (C=O) groups is 1. The number of halogens is 1. The Kier molecular flexibility index (Phi) is 4.33. The number of aryl methyl sites for hydroxylation is 1. The molecule has 0 bridgehead atoms. The SMILES string of the molecule is [C-]#[N+]c1ccc(C(=O)N[C@@H](C)Cn2cc(F)cn2)cc1C. The van der Waals surface area contributed by atoms with Crippen molar-refractivity contribution >= 4 is 11.6 Å². The van der Waals surface area contributed by atoms with E-state index in [1.807, 2.05) is 6.92 Å². The zero-order valence-corrected chi connectivity index (χ0v) is 11.8. The summed E-state index contributed by atoms with van der Waals surface area (Å²) in [6.07, 6.45) is 2.40. The first-order valence-corrected chi connectivity index (χ1v) is 6.46. The van der Waals surface area contributed by atoms with Gasteiger partial charge >= 0.3 is 0 Å². The van der Waals surface area contributed by atoms with Crippen molar-refractivity contribution in [3.05, 3.63) is 59.0 Å². The summed E-state index contributed by atoms with van der Waals surface area (Å²) in [5.41, 5.74) is 1.80. The average molecular weight is 286 g/mol. The highest BCUT2D eigenvalue weighted by molar-refractivity contribution is 5.95. The molecular weight excluding hydrogens is 271 g/mol. The molecule has 6 heteroatoms. The molecule has 108 valence electrons. The predicted octanol–water partition coefficient (Wildman–Crippen LogP) is 2.70. The number of amides is 1. The number of hydrogen-bond acceptors (Lipinski definition) is 2.